The van der Waals surface area contributed by atoms with Gasteiger partial charge >= 0.3 is 0 Å². The lowest BCUT2D eigenvalue weighted by molar-refractivity contribution is 0.104. The molecule has 0 unspecified atom stereocenters. The van der Waals surface area contributed by atoms with E-state index in [9.17, 15) is 4.79 Å². The van der Waals surface area contributed by atoms with Gasteiger partial charge in [0.15, 0.2) is 5.78 Å². The fraction of sp³-hybridized carbons (Fsp3) is 0.0556. The Morgan fingerprint density at radius 1 is 1.10 bits per heavy atom. The molecule has 3 heteroatoms. The van der Waals surface area contributed by atoms with Crippen LogP contribution in [0.3, 0.4) is 0 Å². The monoisotopic (exact) mass is 277 g/mol. The molecular weight excluding hydrogens is 262 g/mol. The van der Waals surface area contributed by atoms with Gasteiger partial charge in [-0.2, -0.15) is 0 Å². The minimum atomic E-state index is -0.155. The van der Waals surface area contributed by atoms with E-state index >= 15 is 0 Å². The Kier molecular flexibility index (Phi) is 3.32. The van der Waals surface area contributed by atoms with Crippen LogP contribution in [-0.4, -0.2) is 5.78 Å². The minimum Gasteiger partial charge on any atom is -0.440 e. The maximum Gasteiger partial charge on any atom is 0.202 e. The molecule has 0 radical (unpaired) electrons. The molecule has 0 atom stereocenters. The summed E-state index contributed by atoms with van der Waals surface area (Å²) >= 11 is 0. The van der Waals surface area contributed by atoms with Crippen molar-refractivity contribution in [1.82, 2.24) is 0 Å². The number of furan rings is 1. The summed E-state index contributed by atoms with van der Waals surface area (Å²) in [5.74, 6) is 0.00720. The second-order valence-electron chi connectivity index (χ2n) is 4.95. The standard InChI is InChI=1S/C18H15NO2/c1-12-6-8-13(9-7-12)10-11-15(20)17-14-4-2-3-5-16(14)21-18(17)19/h2-11H,19H2,1H3/b11-10+. The molecule has 3 aromatic rings. The SMILES string of the molecule is Cc1ccc(/C=C/C(=O)c2c(N)oc3ccccc23)cc1. The van der Waals surface area contributed by atoms with E-state index in [2.05, 4.69) is 0 Å². The zero-order valence-corrected chi connectivity index (χ0v) is 11.7. The van der Waals surface area contributed by atoms with E-state index in [-0.39, 0.29) is 11.7 Å². The Morgan fingerprint density at radius 2 is 1.81 bits per heavy atom. The average Bonchev–Trinajstić information content (AvgIpc) is 2.82. The van der Waals surface area contributed by atoms with Gasteiger partial charge in [-0.05, 0) is 24.6 Å². The molecule has 1 heterocycles. The van der Waals surface area contributed by atoms with Gasteiger partial charge in [0.1, 0.15) is 5.58 Å². The molecule has 21 heavy (non-hydrogen) atoms. The van der Waals surface area contributed by atoms with Crippen molar-refractivity contribution in [2.75, 3.05) is 5.73 Å². The highest BCUT2D eigenvalue weighted by molar-refractivity contribution is 6.17. The number of hydrogen-bond acceptors (Lipinski definition) is 3. The molecule has 0 aliphatic rings. The molecule has 0 bridgehead atoms. The van der Waals surface area contributed by atoms with Crippen LogP contribution in [0.15, 0.2) is 59.0 Å². The summed E-state index contributed by atoms with van der Waals surface area (Å²) in [7, 11) is 0. The summed E-state index contributed by atoms with van der Waals surface area (Å²) in [6.07, 6.45) is 3.31. The van der Waals surface area contributed by atoms with Crippen LogP contribution >= 0.6 is 0 Å². The number of hydrogen-bond donors (Lipinski definition) is 1. The number of aryl methyl sites for hydroxylation is 1. The van der Waals surface area contributed by atoms with E-state index in [1.165, 1.54) is 11.6 Å². The first-order chi connectivity index (χ1) is 10.1. The van der Waals surface area contributed by atoms with Gasteiger partial charge in [-0.3, -0.25) is 4.79 Å². The zero-order chi connectivity index (χ0) is 14.8. The van der Waals surface area contributed by atoms with Crippen LogP contribution in [0.1, 0.15) is 21.5 Å². The lowest BCUT2D eigenvalue weighted by atomic mass is 10.1. The molecule has 2 aromatic carbocycles. The van der Waals surface area contributed by atoms with Gasteiger partial charge in [0, 0.05) is 5.39 Å². The Morgan fingerprint density at radius 3 is 2.57 bits per heavy atom. The van der Waals surface area contributed by atoms with Crippen molar-refractivity contribution in [2.24, 2.45) is 0 Å². The summed E-state index contributed by atoms with van der Waals surface area (Å²) in [6.45, 7) is 2.02. The van der Waals surface area contributed by atoms with Gasteiger partial charge in [-0.15, -0.1) is 0 Å². The fourth-order valence-electron chi connectivity index (χ4n) is 2.25. The van der Waals surface area contributed by atoms with Crippen LogP contribution in [0.4, 0.5) is 5.88 Å². The van der Waals surface area contributed by atoms with Crippen LogP contribution < -0.4 is 5.73 Å². The molecule has 0 saturated heterocycles. The molecule has 0 fully saturated rings. The average molecular weight is 277 g/mol. The minimum absolute atomic E-state index is 0.155. The summed E-state index contributed by atoms with van der Waals surface area (Å²) in [5.41, 5.74) is 9.03. The topological polar surface area (TPSA) is 56.2 Å². The second kappa shape index (κ2) is 5.29. The quantitative estimate of drug-likeness (QED) is 0.576. The number of rotatable bonds is 3. The highest BCUT2D eigenvalue weighted by Crippen LogP contribution is 2.28. The molecule has 0 saturated carbocycles. The van der Waals surface area contributed by atoms with Crippen LogP contribution in [0.2, 0.25) is 0 Å². The lowest BCUT2D eigenvalue weighted by Crippen LogP contribution is -1.97. The predicted octanol–water partition coefficient (Wildman–Crippen LogP) is 4.22. The van der Waals surface area contributed by atoms with Gasteiger partial charge < -0.3 is 10.2 Å². The molecule has 0 amide bonds. The van der Waals surface area contributed by atoms with Crippen LogP contribution in [0, 0.1) is 6.92 Å². The van der Waals surface area contributed by atoms with E-state index in [1.807, 2.05) is 49.4 Å². The fourth-order valence-corrected chi connectivity index (χ4v) is 2.25. The third-order valence-corrected chi connectivity index (χ3v) is 3.37. The van der Waals surface area contributed by atoms with E-state index < -0.39 is 0 Å². The van der Waals surface area contributed by atoms with E-state index in [4.69, 9.17) is 10.2 Å². The second-order valence-corrected chi connectivity index (χ2v) is 4.95. The van der Waals surface area contributed by atoms with Crippen molar-refractivity contribution in [3.63, 3.8) is 0 Å². The van der Waals surface area contributed by atoms with Crippen molar-refractivity contribution in [3.8, 4) is 0 Å². The number of ketones is 1. The van der Waals surface area contributed by atoms with Gasteiger partial charge in [-0.1, -0.05) is 54.1 Å². The number of nitrogen functional groups attached to an aromatic ring is 1. The molecule has 2 N–H and O–H groups in total. The third-order valence-electron chi connectivity index (χ3n) is 3.37. The number of fused-ring (bicyclic) bond motifs is 1. The number of anilines is 1. The van der Waals surface area contributed by atoms with E-state index in [0.29, 0.717) is 11.1 Å². The first-order valence-corrected chi connectivity index (χ1v) is 6.71. The molecule has 3 nitrogen and oxygen atoms in total. The first kappa shape index (κ1) is 13.2. The van der Waals surface area contributed by atoms with Gasteiger partial charge in [-0.25, -0.2) is 0 Å². The van der Waals surface area contributed by atoms with Gasteiger partial charge in [0.25, 0.3) is 0 Å². The first-order valence-electron chi connectivity index (χ1n) is 6.71. The molecule has 0 aliphatic heterocycles. The van der Waals surface area contributed by atoms with Crippen molar-refractivity contribution in [3.05, 3.63) is 71.3 Å². The van der Waals surface area contributed by atoms with E-state index in [0.717, 1.165) is 10.9 Å². The molecule has 3 rings (SSSR count). The summed E-state index contributed by atoms with van der Waals surface area (Å²) < 4.78 is 5.41. The molecule has 0 spiro atoms. The molecular formula is C18H15NO2. The highest BCUT2D eigenvalue weighted by Gasteiger charge is 2.16. The summed E-state index contributed by atoms with van der Waals surface area (Å²) in [6, 6.07) is 15.3. The summed E-state index contributed by atoms with van der Waals surface area (Å²) in [4.78, 5) is 12.4. The Balaban J connectivity index is 1.94. The Hall–Kier alpha value is -2.81. The molecule has 104 valence electrons. The van der Waals surface area contributed by atoms with Crippen LogP contribution in [0.5, 0.6) is 0 Å². The van der Waals surface area contributed by atoms with Gasteiger partial charge in [0.2, 0.25) is 5.88 Å². The number of carbonyl (C=O) groups excluding carboxylic acids is 1. The molecule has 0 aliphatic carbocycles. The Bertz CT molecular complexity index is 826. The van der Waals surface area contributed by atoms with Gasteiger partial charge in [0.05, 0.1) is 5.56 Å². The predicted molar refractivity (Wildman–Crippen MR) is 85.2 cm³/mol. The smallest absolute Gasteiger partial charge is 0.202 e. The van der Waals surface area contributed by atoms with Crippen molar-refractivity contribution in [1.29, 1.82) is 0 Å². The Labute approximate surface area is 122 Å². The zero-order valence-electron chi connectivity index (χ0n) is 11.7. The van der Waals surface area contributed by atoms with Crippen molar-refractivity contribution < 1.29 is 9.21 Å². The normalized spacial score (nSPS) is 11.3. The largest absolute Gasteiger partial charge is 0.440 e. The number of allylic oxidation sites excluding steroid dienone is 1. The van der Waals surface area contributed by atoms with Crippen LogP contribution in [0.25, 0.3) is 17.0 Å². The maximum atomic E-state index is 12.4. The van der Waals surface area contributed by atoms with Crippen molar-refractivity contribution in [2.45, 2.75) is 6.92 Å². The van der Waals surface area contributed by atoms with Crippen LogP contribution in [-0.2, 0) is 0 Å². The number of benzene rings is 2. The number of para-hydroxylation sites is 1. The summed E-state index contributed by atoms with van der Waals surface area (Å²) in [5, 5.41) is 0.744. The molecule has 1 aromatic heterocycles. The number of nitrogens with two attached hydrogens (primary N) is 1. The lowest BCUT2D eigenvalue weighted by Gasteiger charge is -1.96. The third kappa shape index (κ3) is 2.58. The van der Waals surface area contributed by atoms with E-state index in [1.54, 1.807) is 12.1 Å². The highest BCUT2D eigenvalue weighted by atomic mass is 16.3. The number of carbonyl (C=O) groups is 1. The maximum absolute atomic E-state index is 12.4. The van der Waals surface area contributed by atoms with Crippen molar-refractivity contribution >= 4 is 28.7 Å².